The zero-order valence-electron chi connectivity index (χ0n) is 16.6. The molecular formula is C23H24ClN3O2S. The quantitative estimate of drug-likeness (QED) is 0.601. The lowest BCUT2D eigenvalue weighted by Gasteiger charge is -2.33. The van der Waals surface area contributed by atoms with E-state index in [0.717, 1.165) is 35.9 Å². The molecule has 30 heavy (non-hydrogen) atoms. The third kappa shape index (κ3) is 5.67. The molecule has 156 valence electrons. The first kappa shape index (κ1) is 21.0. The third-order valence-electron chi connectivity index (χ3n) is 5.00. The van der Waals surface area contributed by atoms with Crippen LogP contribution in [0.4, 0.5) is 0 Å². The molecule has 1 aromatic heterocycles. The summed E-state index contributed by atoms with van der Waals surface area (Å²) in [5.41, 5.74) is 2.94. The molecule has 2 aromatic carbocycles. The molecule has 1 saturated heterocycles. The lowest BCUT2D eigenvalue weighted by Crippen LogP contribution is -2.47. The summed E-state index contributed by atoms with van der Waals surface area (Å²) in [6.07, 6.45) is 0.252. The highest BCUT2D eigenvalue weighted by atomic mass is 35.5. The van der Waals surface area contributed by atoms with Crippen molar-refractivity contribution in [3.8, 4) is 10.6 Å². The maximum atomic E-state index is 12.4. The van der Waals surface area contributed by atoms with Gasteiger partial charge in [-0.2, -0.15) is 0 Å². The average molecular weight is 442 g/mol. The van der Waals surface area contributed by atoms with Gasteiger partial charge in [0.2, 0.25) is 5.91 Å². The molecule has 0 saturated carbocycles. The number of rotatable bonds is 7. The van der Waals surface area contributed by atoms with Gasteiger partial charge in [0.25, 0.3) is 0 Å². The van der Waals surface area contributed by atoms with Gasteiger partial charge >= 0.3 is 0 Å². The van der Waals surface area contributed by atoms with Crippen LogP contribution in [0.1, 0.15) is 11.3 Å². The molecule has 3 aromatic rings. The number of benzene rings is 2. The Bertz CT molecular complexity index is 979. The highest BCUT2D eigenvalue weighted by Gasteiger charge is 2.21. The Morgan fingerprint density at radius 2 is 2.00 bits per heavy atom. The van der Waals surface area contributed by atoms with Crippen LogP contribution in [0.3, 0.4) is 0 Å². The fourth-order valence-electron chi connectivity index (χ4n) is 3.49. The minimum Gasteiger partial charge on any atom is -0.374 e. The molecule has 1 aliphatic heterocycles. The molecule has 0 unspecified atom stereocenters. The van der Waals surface area contributed by atoms with Crippen molar-refractivity contribution in [2.45, 2.75) is 19.1 Å². The van der Waals surface area contributed by atoms with Gasteiger partial charge in [-0.05, 0) is 11.6 Å². The molecule has 4 rings (SSSR count). The predicted octanol–water partition coefficient (Wildman–Crippen LogP) is 4.02. The molecule has 2 heterocycles. The van der Waals surface area contributed by atoms with Crippen LogP contribution in [0.25, 0.3) is 10.6 Å². The number of halogens is 1. The molecular weight excluding hydrogens is 418 g/mol. The number of morpholine rings is 1. The number of nitrogens with one attached hydrogen (secondary N) is 1. The van der Waals surface area contributed by atoms with Crippen LogP contribution in [0, 0.1) is 0 Å². The zero-order chi connectivity index (χ0) is 20.8. The van der Waals surface area contributed by atoms with Crippen LogP contribution < -0.4 is 5.32 Å². The van der Waals surface area contributed by atoms with Crippen LogP contribution in [-0.4, -0.2) is 48.1 Å². The first-order valence-corrected chi connectivity index (χ1v) is 11.3. The summed E-state index contributed by atoms with van der Waals surface area (Å²) in [7, 11) is 0. The Kier molecular flexibility index (Phi) is 7.12. The molecule has 0 aliphatic carbocycles. The fourth-order valence-corrected chi connectivity index (χ4v) is 4.63. The molecule has 1 fully saturated rings. The highest BCUT2D eigenvalue weighted by molar-refractivity contribution is 7.13. The topological polar surface area (TPSA) is 54.5 Å². The zero-order valence-corrected chi connectivity index (χ0v) is 18.2. The molecule has 7 heteroatoms. The highest BCUT2D eigenvalue weighted by Crippen LogP contribution is 2.30. The Morgan fingerprint density at radius 1 is 1.20 bits per heavy atom. The third-order valence-corrected chi connectivity index (χ3v) is 6.25. The Labute approximate surface area is 185 Å². The Hall–Kier alpha value is -2.25. The maximum Gasteiger partial charge on any atom is 0.226 e. The van der Waals surface area contributed by atoms with Crippen molar-refractivity contribution in [1.82, 2.24) is 15.2 Å². The molecule has 1 atom stereocenters. The van der Waals surface area contributed by atoms with Gasteiger partial charge in [-0.25, -0.2) is 4.98 Å². The average Bonchev–Trinajstić information content (AvgIpc) is 3.22. The van der Waals surface area contributed by atoms with Gasteiger partial charge < -0.3 is 10.1 Å². The van der Waals surface area contributed by atoms with Gasteiger partial charge in [-0.1, -0.05) is 60.1 Å². The van der Waals surface area contributed by atoms with E-state index in [4.69, 9.17) is 16.3 Å². The Morgan fingerprint density at radius 3 is 2.83 bits per heavy atom. The van der Waals surface area contributed by atoms with Crippen molar-refractivity contribution in [1.29, 1.82) is 0 Å². The minimum absolute atomic E-state index is 0.000493. The maximum absolute atomic E-state index is 12.4. The van der Waals surface area contributed by atoms with Crippen LogP contribution in [0.5, 0.6) is 0 Å². The van der Waals surface area contributed by atoms with E-state index in [9.17, 15) is 4.79 Å². The van der Waals surface area contributed by atoms with Crippen LogP contribution in [0.15, 0.2) is 60.0 Å². The van der Waals surface area contributed by atoms with Crippen LogP contribution in [0.2, 0.25) is 5.02 Å². The summed E-state index contributed by atoms with van der Waals surface area (Å²) >= 11 is 7.74. The molecule has 1 amide bonds. The van der Waals surface area contributed by atoms with E-state index in [1.54, 1.807) is 0 Å². The monoisotopic (exact) mass is 441 g/mol. The van der Waals surface area contributed by atoms with E-state index in [1.165, 1.54) is 16.9 Å². The van der Waals surface area contributed by atoms with E-state index < -0.39 is 0 Å². The molecule has 1 aliphatic rings. The van der Waals surface area contributed by atoms with E-state index in [0.29, 0.717) is 18.2 Å². The summed E-state index contributed by atoms with van der Waals surface area (Å²) in [6.45, 7) is 3.80. The second-order valence-corrected chi connectivity index (χ2v) is 8.58. The number of aromatic nitrogens is 1. The molecule has 5 nitrogen and oxygen atoms in total. The number of carbonyl (C=O) groups excluding carboxylic acids is 1. The normalized spacial score (nSPS) is 17.0. The SMILES string of the molecule is O=C(Cc1csc(-c2ccccc2Cl)n1)NC[C@@H]1CN(Cc2ccccc2)CCO1. The number of nitrogens with zero attached hydrogens (tertiary/aromatic N) is 2. The van der Waals surface area contributed by atoms with E-state index in [2.05, 4.69) is 39.5 Å². The molecule has 0 spiro atoms. The number of ether oxygens (including phenoxy) is 1. The smallest absolute Gasteiger partial charge is 0.226 e. The number of amides is 1. The number of thiazole rings is 1. The van der Waals surface area contributed by atoms with Crippen LogP contribution >= 0.6 is 22.9 Å². The number of hydrogen-bond acceptors (Lipinski definition) is 5. The van der Waals surface area contributed by atoms with E-state index in [1.807, 2.05) is 35.7 Å². The van der Waals surface area contributed by atoms with Gasteiger partial charge in [-0.3, -0.25) is 9.69 Å². The summed E-state index contributed by atoms with van der Waals surface area (Å²) in [6, 6.07) is 18.0. The van der Waals surface area contributed by atoms with Gasteiger partial charge in [0.15, 0.2) is 0 Å². The molecule has 0 radical (unpaired) electrons. The first-order valence-electron chi connectivity index (χ1n) is 10.0. The molecule has 1 N–H and O–H groups in total. The standard InChI is InChI=1S/C23H24ClN3O2S/c24-21-9-5-4-8-20(21)23-26-18(16-30-23)12-22(28)25-13-19-15-27(10-11-29-19)14-17-6-2-1-3-7-17/h1-9,16,19H,10-15H2,(H,25,28)/t19-/m1/s1. The largest absolute Gasteiger partial charge is 0.374 e. The van der Waals surface area contributed by atoms with Crippen LogP contribution in [-0.2, 0) is 22.5 Å². The summed E-state index contributed by atoms with van der Waals surface area (Å²) < 4.78 is 5.84. The second kappa shape index (κ2) is 10.2. The summed E-state index contributed by atoms with van der Waals surface area (Å²) in [4.78, 5) is 19.3. The van der Waals surface area contributed by atoms with E-state index in [-0.39, 0.29) is 18.4 Å². The van der Waals surface area contributed by atoms with Crippen molar-refractivity contribution < 1.29 is 9.53 Å². The van der Waals surface area contributed by atoms with Crippen molar-refractivity contribution in [2.75, 3.05) is 26.2 Å². The van der Waals surface area contributed by atoms with Crippen molar-refractivity contribution in [3.05, 3.63) is 76.3 Å². The van der Waals surface area contributed by atoms with Gasteiger partial charge in [0.05, 0.1) is 29.8 Å². The molecule has 0 bridgehead atoms. The minimum atomic E-state index is -0.0465. The van der Waals surface area contributed by atoms with Crippen molar-refractivity contribution in [3.63, 3.8) is 0 Å². The van der Waals surface area contributed by atoms with Gasteiger partial charge in [0, 0.05) is 37.1 Å². The lowest BCUT2D eigenvalue weighted by atomic mass is 10.2. The lowest BCUT2D eigenvalue weighted by molar-refractivity contribution is -0.121. The second-order valence-electron chi connectivity index (χ2n) is 7.32. The van der Waals surface area contributed by atoms with E-state index >= 15 is 0 Å². The Balaban J connectivity index is 1.25. The summed E-state index contributed by atoms with van der Waals surface area (Å²) in [5.74, 6) is -0.0465. The van der Waals surface area contributed by atoms with Crippen molar-refractivity contribution >= 4 is 28.8 Å². The van der Waals surface area contributed by atoms with Gasteiger partial charge in [0.1, 0.15) is 5.01 Å². The van der Waals surface area contributed by atoms with Crippen molar-refractivity contribution in [2.24, 2.45) is 0 Å². The first-order chi connectivity index (χ1) is 14.7. The summed E-state index contributed by atoms with van der Waals surface area (Å²) in [5, 5.41) is 6.40. The fraction of sp³-hybridized carbons (Fsp3) is 0.304. The number of hydrogen-bond donors (Lipinski definition) is 1. The number of carbonyl (C=O) groups is 1. The predicted molar refractivity (Wildman–Crippen MR) is 121 cm³/mol. The van der Waals surface area contributed by atoms with Gasteiger partial charge in [-0.15, -0.1) is 11.3 Å².